The fourth-order valence-electron chi connectivity index (χ4n) is 3.62. The van der Waals surface area contributed by atoms with Gasteiger partial charge in [0.25, 0.3) is 5.91 Å². The predicted octanol–water partition coefficient (Wildman–Crippen LogP) is 7.14. The van der Waals surface area contributed by atoms with Gasteiger partial charge < -0.3 is 9.47 Å². The third-order valence-electron chi connectivity index (χ3n) is 5.55. The summed E-state index contributed by atoms with van der Waals surface area (Å²) < 4.78 is 11.9. The monoisotopic (exact) mass is 578 g/mol. The van der Waals surface area contributed by atoms with E-state index in [-0.39, 0.29) is 5.91 Å². The summed E-state index contributed by atoms with van der Waals surface area (Å²) in [5.41, 5.74) is 4.18. The smallest absolute Gasteiger partial charge is 0.338 e. The van der Waals surface area contributed by atoms with Gasteiger partial charge in [0.2, 0.25) is 0 Å². The topological polar surface area (TPSA) is 68.2 Å². The number of likely N-dealkylation sites (N-methyl/N-ethyl adjacent to an activating group) is 1. The second kappa shape index (κ2) is 12.3. The minimum Gasteiger partial charge on any atom is -0.488 e. The average Bonchev–Trinajstić information content (AvgIpc) is 3.18. The molecule has 3 aromatic carbocycles. The van der Waals surface area contributed by atoms with Gasteiger partial charge in [0.1, 0.15) is 12.4 Å². The highest BCUT2D eigenvalue weighted by Gasteiger charge is 2.32. The van der Waals surface area contributed by atoms with Crippen molar-refractivity contribution in [3.05, 3.63) is 98.4 Å². The quantitative estimate of drug-likeness (QED) is 0.210. The fourth-order valence-corrected chi connectivity index (χ4v) is 5.19. The molecule has 0 radical (unpaired) electrons. The first-order chi connectivity index (χ1) is 17.9. The lowest BCUT2D eigenvalue weighted by molar-refractivity contribution is -0.122. The summed E-state index contributed by atoms with van der Waals surface area (Å²) in [7, 11) is 0. The average molecular weight is 580 g/mol. The zero-order chi connectivity index (χ0) is 26.4. The summed E-state index contributed by atoms with van der Waals surface area (Å²) in [5, 5.41) is 0.567. The van der Waals surface area contributed by atoms with E-state index in [1.165, 1.54) is 17.3 Å². The Morgan fingerprint density at radius 1 is 1.08 bits per heavy atom. The molecule has 0 unspecified atom stereocenters. The van der Waals surface area contributed by atoms with E-state index in [2.05, 4.69) is 52.1 Å². The van der Waals surface area contributed by atoms with Crippen LogP contribution in [-0.2, 0) is 16.1 Å². The van der Waals surface area contributed by atoms with Crippen LogP contribution < -0.4 is 4.74 Å². The van der Waals surface area contributed by atoms with E-state index < -0.39 is 5.97 Å². The summed E-state index contributed by atoms with van der Waals surface area (Å²) in [4.78, 5) is 32.0. The van der Waals surface area contributed by atoms with Gasteiger partial charge >= 0.3 is 5.97 Å². The number of hydrogen-bond donors (Lipinski definition) is 0. The highest BCUT2D eigenvalue weighted by atomic mass is 79.9. The Labute approximate surface area is 229 Å². The Balaban J connectivity index is 1.51. The standard InChI is InChI=1S/C29H27BrN2O4S/c1-4-32-27(33)26(37-29(32)31-23-8-6-7-22(17-23)28(34)35-5-2)16-21-13-14-25(24(30)15-21)36-18-20-11-9-19(3)10-12-20/h6-17H,4-5,18H2,1-3H3. The van der Waals surface area contributed by atoms with E-state index in [4.69, 9.17) is 9.47 Å². The van der Waals surface area contributed by atoms with Crippen molar-refractivity contribution in [2.24, 2.45) is 4.99 Å². The number of ether oxygens (including phenoxy) is 2. The van der Waals surface area contributed by atoms with Gasteiger partial charge in [-0.15, -0.1) is 0 Å². The molecule has 6 nitrogen and oxygen atoms in total. The number of amidine groups is 1. The Morgan fingerprint density at radius 2 is 1.86 bits per heavy atom. The summed E-state index contributed by atoms with van der Waals surface area (Å²) >= 11 is 4.90. The maximum absolute atomic E-state index is 13.1. The van der Waals surface area contributed by atoms with E-state index >= 15 is 0 Å². The second-order valence-corrected chi connectivity index (χ2v) is 10.2. The number of amides is 1. The predicted molar refractivity (Wildman–Crippen MR) is 152 cm³/mol. The molecular weight excluding hydrogens is 552 g/mol. The van der Waals surface area contributed by atoms with Crippen LogP contribution >= 0.6 is 27.7 Å². The number of carbonyl (C=O) groups excluding carboxylic acids is 2. The van der Waals surface area contributed by atoms with Gasteiger partial charge in [-0.2, -0.15) is 0 Å². The van der Waals surface area contributed by atoms with Crippen LogP contribution in [0.25, 0.3) is 6.08 Å². The second-order valence-electron chi connectivity index (χ2n) is 8.29. The molecule has 1 aliphatic rings. The minimum atomic E-state index is -0.399. The Kier molecular flexibility index (Phi) is 8.84. The number of aryl methyl sites for hydroxylation is 1. The van der Waals surface area contributed by atoms with E-state index in [1.807, 2.05) is 31.2 Å². The van der Waals surface area contributed by atoms with Crippen molar-refractivity contribution in [1.29, 1.82) is 0 Å². The molecule has 0 spiro atoms. The molecule has 37 heavy (non-hydrogen) atoms. The fraction of sp³-hybridized carbons (Fsp3) is 0.207. The molecule has 0 N–H and O–H groups in total. The number of rotatable bonds is 8. The summed E-state index contributed by atoms with van der Waals surface area (Å²) in [6.07, 6.45) is 1.85. The number of carbonyl (C=O) groups is 2. The first-order valence-corrected chi connectivity index (χ1v) is 13.5. The van der Waals surface area contributed by atoms with Crippen LogP contribution in [0.4, 0.5) is 5.69 Å². The molecular formula is C29H27BrN2O4S. The van der Waals surface area contributed by atoms with Crippen molar-refractivity contribution in [3.63, 3.8) is 0 Å². The van der Waals surface area contributed by atoms with Crippen LogP contribution in [-0.4, -0.2) is 35.1 Å². The molecule has 190 valence electrons. The Hall–Kier alpha value is -3.36. The van der Waals surface area contributed by atoms with Crippen molar-refractivity contribution in [2.75, 3.05) is 13.2 Å². The van der Waals surface area contributed by atoms with Gasteiger partial charge in [0, 0.05) is 6.54 Å². The van der Waals surface area contributed by atoms with Crippen LogP contribution in [0.5, 0.6) is 5.75 Å². The summed E-state index contributed by atoms with van der Waals surface area (Å²) in [6, 6.07) is 20.9. The van der Waals surface area contributed by atoms with Crippen molar-refractivity contribution in [3.8, 4) is 5.75 Å². The van der Waals surface area contributed by atoms with Crippen molar-refractivity contribution >= 4 is 56.5 Å². The Bertz CT molecular complexity index is 1370. The maximum Gasteiger partial charge on any atom is 0.338 e. The van der Waals surface area contributed by atoms with Gasteiger partial charge in [0.15, 0.2) is 5.17 Å². The number of esters is 1. The highest BCUT2D eigenvalue weighted by molar-refractivity contribution is 9.10. The third kappa shape index (κ3) is 6.70. The van der Waals surface area contributed by atoms with Crippen molar-refractivity contribution in [2.45, 2.75) is 27.4 Å². The molecule has 1 saturated heterocycles. The number of halogens is 1. The Morgan fingerprint density at radius 3 is 2.57 bits per heavy atom. The number of hydrogen-bond acceptors (Lipinski definition) is 6. The van der Waals surface area contributed by atoms with Crippen LogP contribution in [0, 0.1) is 6.92 Å². The number of aliphatic imine (C=N–C) groups is 1. The lowest BCUT2D eigenvalue weighted by Gasteiger charge is -2.12. The lowest BCUT2D eigenvalue weighted by atomic mass is 10.1. The molecule has 0 aliphatic carbocycles. The summed E-state index contributed by atoms with van der Waals surface area (Å²) in [5.74, 6) is 0.222. The van der Waals surface area contributed by atoms with Crippen LogP contribution in [0.2, 0.25) is 0 Å². The zero-order valence-electron chi connectivity index (χ0n) is 20.9. The molecule has 1 amide bonds. The van der Waals surface area contributed by atoms with E-state index in [9.17, 15) is 9.59 Å². The number of benzene rings is 3. The SMILES string of the molecule is CCOC(=O)c1cccc(N=C2SC(=Cc3ccc(OCc4ccc(C)cc4)c(Br)c3)C(=O)N2CC)c1. The van der Waals surface area contributed by atoms with Gasteiger partial charge in [0.05, 0.1) is 27.2 Å². The minimum absolute atomic E-state index is 0.108. The van der Waals surface area contributed by atoms with E-state index in [1.54, 1.807) is 36.1 Å². The summed E-state index contributed by atoms with van der Waals surface area (Å²) in [6.45, 7) is 6.98. The molecule has 0 saturated carbocycles. The van der Waals surface area contributed by atoms with Crippen molar-refractivity contribution in [1.82, 2.24) is 4.90 Å². The first-order valence-electron chi connectivity index (χ1n) is 11.9. The molecule has 4 rings (SSSR count). The largest absolute Gasteiger partial charge is 0.488 e. The van der Waals surface area contributed by atoms with Gasteiger partial charge in [-0.3, -0.25) is 9.69 Å². The molecule has 1 heterocycles. The molecule has 1 aliphatic heterocycles. The number of nitrogens with zero attached hydrogens (tertiary/aromatic N) is 2. The third-order valence-corrected chi connectivity index (χ3v) is 7.18. The van der Waals surface area contributed by atoms with Gasteiger partial charge in [-0.25, -0.2) is 9.79 Å². The molecule has 1 fully saturated rings. The van der Waals surface area contributed by atoms with Gasteiger partial charge in [-0.1, -0.05) is 42.0 Å². The number of thioether (sulfide) groups is 1. The van der Waals surface area contributed by atoms with Crippen LogP contribution in [0.1, 0.15) is 40.9 Å². The highest BCUT2D eigenvalue weighted by Crippen LogP contribution is 2.35. The molecule has 0 aromatic heterocycles. The van der Waals surface area contributed by atoms with E-state index in [0.717, 1.165) is 21.3 Å². The normalized spacial score (nSPS) is 15.5. The first kappa shape index (κ1) is 26.7. The molecule has 8 heteroatoms. The van der Waals surface area contributed by atoms with Crippen LogP contribution in [0.15, 0.2) is 81.1 Å². The van der Waals surface area contributed by atoms with E-state index in [0.29, 0.717) is 41.1 Å². The maximum atomic E-state index is 13.1. The molecule has 0 atom stereocenters. The zero-order valence-corrected chi connectivity index (χ0v) is 23.3. The van der Waals surface area contributed by atoms with Crippen LogP contribution in [0.3, 0.4) is 0 Å². The molecule has 0 bridgehead atoms. The lowest BCUT2D eigenvalue weighted by Crippen LogP contribution is -2.28. The molecule has 3 aromatic rings. The van der Waals surface area contributed by atoms with Crippen molar-refractivity contribution < 1.29 is 19.1 Å². The van der Waals surface area contributed by atoms with Gasteiger partial charge in [-0.05, 0) is 96.0 Å².